The summed E-state index contributed by atoms with van der Waals surface area (Å²) in [4.78, 5) is 12.3. The molecule has 0 bridgehead atoms. The first-order chi connectivity index (χ1) is 12.0. The zero-order chi connectivity index (χ0) is 18.0. The van der Waals surface area contributed by atoms with Crippen molar-refractivity contribution in [1.82, 2.24) is 14.9 Å². The number of nitrogen functional groups attached to an aromatic ring is 1. The molecule has 0 aliphatic heterocycles. The van der Waals surface area contributed by atoms with Crippen LogP contribution in [0.4, 0.5) is 10.1 Å². The molecule has 25 heavy (non-hydrogen) atoms. The van der Waals surface area contributed by atoms with Crippen LogP contribution < -0.4 is 11.2 Å². The van der Waals surface area contributed by atoms with Gasteiger partial charge in [-0.1, -0.05) is 17.8 Å². The van der Waals surface area contributed by atoms with Crippen LogP contribution in [0, 0.1) is 12.7 Å². The predicted molar refractivity (Wildman–Crippen MR) is 93.0 cm³/mol. The largest absolute Gasteiger partial charge is 0.469 e. The second kappa shape index (κ2) is 6.98. The fourth-order valence-electron chi connectivity index (χ4n) is 2.18. The average Bonchev–Trinajstić information content (AvgIpc) is 3.13. The molecule has 1 atom stereocenters. The van der Waals surface area contributed by atoms with Crippen LogP contribution in [0.25, 0.3) is 11.4 Å². The highest BCUT2D eigenvalue weighted by molar-refractivity contribution is 8.00. The Bertz CT molecular complexity index is 908. The smallest absolute Gasteiger partial charge is 0.237 e. The number of aryl methyl sites for hydroxylation is 1. The number of rotatable bonds is 5. The number of hydrogen-bond acceptors (Lipinski definition) is 6. The van der Waals surface area contributed by atoms with Gasteiger partial charge in [0.2, 0.25) is 11.1 Å². The molecule has 1 amide bonds. The summed E-state index contributed by atoms with van der Waals surface area (Å²) in [6.07, 6.45) is 1.54. The van der Waals surface area contributed by atoms with Crippen molar-refractivity contribution in [2.45, 2.75) is 24.3 Å². The molecule has 0 saturated heterocycles. The van der Waals surface area contributed by atoms with Crippen LogP contribution >= 0.6 is 11.8 Å². The molecule has 3 rings (SSSR count). The van der Waals surface area contributed by atoms with E-state index in [1.165, 1.54) is 22.9 Å². The minimum Gasteiger partial charge on any atom is -0.469 e. The highest BCUT2D eigenvalue weighted by Crippen LogP contribution is 2.27. The van der Waals surface area contributed by atoms with Crippen LogP contribution in [-0.2, 0) is 4.79 Å². The first kappa shape index (κ1) is 17.0. The third-order valence-electron chi connectivity index (χ3n) is 3.51. The summed E-state index contributed by atoms with van der Waals surface area (Å²) < 4.78 is 19.7. The first-order valence-electron chi connectivity index (χ1n) is 7.43. The van der Waals surface area contributed by atoms with Crippen molar-refractivity contribution in [3.8, 4) is 11.4 Å². The molecule has 0 aliphatic rings. The number of carbonyl (C=O) groups is 1. The van der Waals surface area contributed by atoms with Gasteiger partial charge in [-0.3, -0.25) is 4.79 Å². The molecule has 0 saturated carbocycles. The van der Waals surface area contributed by atoms with Crippen LogP contribution in [0.1, 0.15) is 12.7 Å². The number of amides is 1. The Morgan fingerprint density at radius 1 is 1.40 bits per heavy atom. The zero-order valence-corrected chi connectivity index (χ0v) is 14.4. The van der Waals surface area contributed by atoms with Crippen molar-refractivity contribution in [2.75, 3.05) is 11.2 Å². The van der Waals surface area contributed by atoms with E-state index in [-0.39, 0.29) is 5.91 Å². The molecule has 0 aliphatic carbocycles. The molecule has 0 radical (unpaired) electrons. The molecule has 0 spiro atoms. The molecule has 9 heteroatoms. The fourth-order valence-corrected chi connectivity index (χ4v) is 2.95. The summed E-state index contributed by atoms with van der Waals surface area (Å²) in [5, 5.41) is 10.6. The van der Waals surface area contributed by atoms with Crippen molar-refractivity contribution in [3.63, 3.8) is 0 Å². The van der Waals surface area contributed by atoms with Gasteiger partial charge >= 0.3 is 0 Å². The number of hydrogen-bond donors (Lipinski definition) is 2. The third-order valence-corrected chi connectivity index (χ3v) is 4.56. The maximum absolute atomic E-state index is 13.2. The van der Waals surface area contributed by atoms with E-state index in [0.717, 1.165) is 17.3 Å². The van der Waals surface area contributed by atoms with Gasteiger partial charge in [0.1, 0.15) is 11.6 Å². The summed E-state index contributed by atoms with van der Waals surface area (Å²) in [7, 11) is 0. The number of aromatic nitrogens is 3. The second-order valence-corrected chi connectivity index (χ2v) is 6.63. The lowest BCUT2D eigenvalue weighted by atomic mass is 10.2. The molecule has 7 nitrogen and oxygen atoms in total. The van der Waals surface area contributed by atoms with Crippen molar-refractivity contribution >= 4 is 23.4 Å². The van der Waals surface area contributed by atoms with Crippen LogP contribution in [0.3, 0.4) is 0 Å². The molecular weight excluding hydrogens is 345 g/mol. The number of anilines is 1. The van der Waals surface area contributed by atoms with E-state index in [0.29, 0.717) is 22.4 Å². The number of thioether (sulfide) groups is 1. The van der Waals surface area contributed by atoms with Gasteiger partial charge in [0.15, 0.2) is 5.82 Å². The maximum Gasteiger partial charge on any atom is 0.237 e. The number of furan rings is 1. The van der Waals surface area contributed by atoms with Crippen LogP contribution in [-0.4, -0.2) is 26.0 Å². The van der Waals surface area contributed by atoms with Gasteiger partial charge in [-0.15, -0.1) is 10.2 Å². The van der Waals surface area contributed by atoms with E-state index in [9.17, 15) is 9.18 Å². The van der Waals surface area contributed by atoms with Gasteiger partial charge < -0.3 is 15.6 Å². The van der Waals surface area contributed by atoms with Gasteiger partial charge in [0.05, 0.1) is 17.1 Å². The standard InChI is InChI=1S/C16H16FN5O2S/c1-9-13(6-7-24-9)14-20-21-16(22(14)18)25-10(2)15(23)19-12-5-3-4-11(17)8-12/h3-8,10H,18H2,1-2H3,(H,19,23). The molecule has 3 N–H and O–H groups in total. The van der Waals surface area contributed by atoms with Gasteiger partial charge in [0, 0.05) is 5.69 Å². The molecular formula is C16H16FN5O2S. The number of nitrogens with zero attached hydrogens (tertiary/aromatic N) is 3. The SMILES string of the molecule is Cc1occc1-c1nnc(SC(C)C(=O)Nc2cccc(F)c2)n1N. The van der Waals surface area contributed by atoms with Gasteiger partial charge in [-0.05, 0) is 38.1 Å². The van der Waals surface area contributed by atoms with E-state index in [4.69, 9.17) is 10.3 Å². The normalized spacial score (nSPS) is 12.1. The zero-order valence-electron chi connectivity index (χ0n) is 13.6. The van der Waals surface area contributed by atoms with Gasteiger partial charge in [0.25, 0.3) is 0 Å². The van der Waals surface area contributed by atoms with Crippen LogP contribution in [0.2, 0.25) is 0 Å². The Labute approximate surface area is 147 Å². The van der Waals surface area contributed by atoms with E-state index in [1.54, 1.807) is 32.2 Å². The summed E-state index contributed by atoms with van der Waals surface area (Å²) in [5.41, 5.74) is 1.13. The van der Waals surface area contributed by atoms with Crippen molar-refractivity contribution < 1.29 is 13.6 Å². The molecule has 1 aromatic carbocycles. The number of benzene rings is 1. The Hall–Kier alpha value is -2.81. The van der Waals surface area contributed by atoms with E-state index >= 15 is 0 Å². The minimum atomic E-state index is -0.506. The van der Waals surface area contributed by atoms with Gasteiger partial charge in [-0.2, -0.15) is 0 Å². The highest BCUT2D eigenvalue weighted by Gasteiger charge is 2.21. The van der Waals surface area contributed by atoms with Crippen molar-refractivity contribution in [3.05, 3.63) is 48.2 Å². The highest BCUT2D eigenvalue weighted by atomic mass is 32.2. The predicted octanol–water partition coefficient (Wildman–Crippen LogP) is 2.82. The van der Waals surface area contributed by atoms with E-state index in [1.807, 2.05) is 0 Å². The quantitative estimate of drug-likeness (QED) is 0.535. The Kier molecular flexibility index (Phi) is 4.75. The maximum atomic E-state index is 13.2. The lowest BCUT2D eigenvalue weighted by molar-refractivity contribution is -0.115. The number of nitrogens with two attached hydrogens (primary N) is 1. The molecule has 2 heterocycles. The summed E-state index contributed by atoms with van der Waals surface area (Å²) in [6.45, 7) is 3.50. The van der Waals surface area contributed by atoms with Crippen LogP contribution in [0.5, 0.6) is 0 Å². The fraction of sp³-hybridized carbons (Fsp3) is 0.188. The number of halogens is 1. The Balaban J connectivity index is 1.71. The summed E-state index contributed by atoms with van der Waals surface area (Å²) in [6, 6.07) is 7.45. The number of carbonyl (C=O) groups excluding carboxylic acids is 1. The third kappa shape index (κ3) is 3.66. The lowest BCUT2D eigenvalue weighted by Gasteiger charge is -2.11. The van der Waals surface area contributed by atoms with Crippen molar-refractivity contribution in [2.24, 2.45) is 0 Å². The molecule has 2 aromatic heterocycles. The second-order valence-electron chi connectivity index (χ2n) is 5.33. The first-order valence-corrected chi connectivity index (χ1v) is 8.31. The van der Waals surface area contributed by atoms with E-state index in [2.05, 4.69) is 15.5 Å². The Morgan fingerprint density at radius 3 is 2.88 bits per heavy atom. The summed E-state index contributed by atoms with van der Waals surface area (Å²) >= 11 is 1.15. The molecule has 130 valence electrons. The number of nitrogens with one attached hydrogen (secondary N) is 1. The van der Waals surface area contributed by atoms with Crippen LogP contribution in [0.15, 0.2) is 46.2 Å². The Morgan fingerprint density at radius 2 is 2.20 bits per heavy atom. The van der Waals surface area contributed by atoms with Gasteiger partial charge in [-0.25, -0.2) is 9.07 Å². The topological polar surface area (TPSA) is 99.0 Å². The average molecular weight is 361 g/mol. The molecule has 0 fully saturated rings. The van der Waals surface area contributed by atoms with Crippen molar-refractivity contribution in [1.29, 1.82) is 0 Å². The molecule has 3 aromatic rings. The van der Waals surface area contributed by atoms with E-state index < -0.39 is 11.1 Å². The monoisotopic (exact) mass is 361 g/mol. The molecule has 1 unspecified atom stereocenters. The minimum absolute atomic E-state index is 0.292. The summed E-state index contributed by atoms with van der Waals surface area (Å²) in [5.74, 6) is 6.45. The lowest BCUT2D eigenvalue weighted by Crippen LogP contribution is -2.23.